The Morgan fingerprint density at radius 2 is 1.67 bits per heavy atom. The van der Waals surface area contributed by atoms with Crippen LogP contribution in [0.25, 0.3) is 0 Å². The quantitative estimate of drug-likeness (QED) is 0.673. The normalized spacial score (nSPS) is 17.2. The van der Waals surface area contributed by atoms with E-state index < -0.39 is 0 Å². The number of anilines is 1. The molecule has 1 fully saturated rings. The van der Waals surface area contributed by atoms with E-state index in [0.29, 0.717) is 5.41 Å². The fourth-order valence-corrected chi connectivity index (χ4v) is 3.41. The molecule has 2 rings (SSSR count). The first-order valence-corrected chi connectivity index (χ1v) is 8.82. The van der Waals surface area contributed by atoms with Crippen LogP contribution in [-0.2, 0) is 6.42 Å². The van der Waals surface area contributed by atoms with Gasteiger partial charge in [0.05, 0.1) is 0 Å². The van der Waals surface area contributed by atoms with Crippen molar-refractivity contribution < 1.29 is 0 Å². The molecule has 0 aromatic heterocycles. The Labute approximate surface area is 131 Å². The Kier molecular flexibility index (Phi) is 5.72. The van der Waals surface area contributed by atoms with Crippen LogP contribution < -0.4 is 4.90 Å². The van der Waals surface area contributed by atoms with Crippen molar-refractivity contribution in [1.82, 2.24) is 0 Å². The highest BCUT2D eigenvalue weighted by atomic mass is 15.1. The Balaban J connectivity index is 1.86. The van der Waals surface area contributed by atoms with Crippen LogP contribution in [0.1, 0.15) is 65.4 Å². The Morgan fingerprint density at radius 1 is 1.05 bits per heavy atom. The van der Waals surface area contributed by atoms with Gasteiger partial charge in [-0.25, -0.2) is 0 Å². The van der Waals surface area contributed by atoms with Gasteiger partial charge in [0, 0.05) is 18.8 Å². The molecule has 1 heterocycles. The van der Waals surface area contributed by atoms with Crippen molar-refractivity contribution in [3.63, 3.8) is 0 Å². The minimum atomic E-state index is 0.374. The third-order valence-corrected chi connectivity index (χ3v) is 4.62. The number of benzene rings is 1. The van der Waals surface area contributed by atoms with Crippen LogP contribution in [-0.4, -0.2) is 13.1 Å². The summed E-state index contributed by atoms with van der Waals surface area (Å²) in [6.45, 7) is 11.7. The minimum Gasteiger partial charge on any atom is -0.372 e. The van der Waals surface area contributed by atoms with Gasteiger partial charge in [-0.05, 0) is 48.3 Å². The molecule has 1 aromatic rings. The number of piperidine rings is 1. The molecule has 1 heteroatoms. The first-order chi connectivity index (χ1) is 9.98. The predicted molar refractivity (Wildman–Crippen MR) is 94.1 cm³/mol. The molecule has 1 nitrogen and oxygen atoms in total. The van der Waals surface area contributed by atoms with Gasteiger partial charge in [0.15, 0.2) is 0 Å². The zero-order valence-electron chi connectivity index (χ0n) is 14.5. The summed E-state index contributed by atoms with van der Waals surface area (Å²) >= 11 is 0. The van der Waals surface area contributed by atoms with Crippen molar-refractivity contribution in [2.24, 2.45) is 11.3 Å². The van der Waals surface area contributed by atoms with Gasteiger partial charge in [-0.15, -0.1) is 0 Å². The summed E-state index contributed by atoms with van der Waals surface area (Å²) in [6, 6.07) is 9.30. The number of hydrogen-bond acceptors (Lipinski definition) is 1. The van der Waals surface area contributed by atoms with E-state index in [-0.39, 0.29) is 0 Å². The van der Waals surface area contributed by atoms with E-state index in [1.807, 2.05) is 0 Å². The average molecular weight is 287 g/mol. The van der Waals surface area contributed by atoms with Crippen molar-refractivity contribution in [3.05, 3.63) is 29.8 Å². The van der Waals surface area contributed by atoms with Crippen LogP contribution in [0, 0.1) is 11.3 Å². The van der Waals surface area contributed by atoms with Crippen LogP contribution in [0.15, 0.2) is 24.3 Å². The van der Waals surface area contributed by atoms with Crippen LogP contribution >= 0.6 is 0 Å². The lowest BCUT2D eigenvalue weighted by molar-refractivity contribution is 0.371. The maximum atomic E-state index is 2.57. The third kappa shape index (κ3) is 5.37. The van der Waals surface area contributed by atoms with Gasteiger partial charge in [-0.1, -0.05) is 59.1 Å². The van der Waals surface area contributed by atoms with E-state index >= 15 is 0 Å². The molecule has 1 aromatic carbocycles. The fourth-order valence-electron chi connectivity index (χ4n) is 3.41. The van der Waals surface area contributed by atoms with Crippen LogP contribution in [0.2, 0.25) is 0 Å². The van der Waals surface area contributed by atoms with Crippen LogP contribution in [0.3, 0.4) is 0 Å². The molecule has 1 aliphatic heterocycles. The largest absolute Gasteiger partial charge is 0.372 e. The van der Waals surface area contributed by atoms with Crippen LogP contribution in [0.4, 0.5) is 5.69 Å². The zero-order valence-corrected chi connectivity index (χ0v) is 14.5. The summed E-state index contributed by atoms with van der Waals surface area (Å²) in [5, 5.41) is 0. The lowest BCUT2D eigenvalue weighted by Gasteiger charge is -2.34. The van der Waals surface area contributed by atoms with E-state index in [1.165, 1.54) is 56.4 Å². The molecule has 0 bridgehead atoms. The molecule has 0 unspecified atom stereocenters. The molecule has 0 amide bonds. The van der Waals surface area contributed by atoms with E-state index in [2.05, 4.69) is 56.9 Å². The highest BCUT2D eigenvalue weighted by Gasteiger charge is 2.19. The second-order valence-corrected chi connectivity index (χ2v) is 7.98. The van der Waals surface area contributed by atoms with Crippen molar-refractivity contribution in [2.75, 3.05) is 18.0 Å². The molecule has 21 heavy (non-hydrogen) atoms. The first-order valence-electron chi connectivity index (χ1n) is 8.82. The maximum absolute atomic E-state index is 2.57. The van der Waals surface area contributed by atoms with Crippen molar-refractivity contribution in [3.8, 4) is 0 Å². The summed E-state index contributed by atoms with van der Waals surface area (Å²) < 4.78 is 0. The highest BCUT2D eigenvalue weighted by molar-refractivity contribution is 5.48. The summed E-state index contributed by atoms with van der Waals surface area (Å²) in [4.78, 5) is 2.57. The topological polar surface area (TPSA) is 3.24 Å². The Bertz CT molecular complexity index is 404. The second kappa shape index (κ2) is 7.33. The summed E-state index contributed by atoms with van der Waals surface area (Å²) in [7, 11) is 0. The summed E-state index contributed by atoms with van der Waals surface area (Å²) in [6.07, 6.45) is 8.11. The van der Waals surface area contributed by atoms with E-state index in [0.717, 1.165) is 12.3 Å². The summed E-state index contributed by atoms with van der Waals surface area (Å²) in [5.41, 5.74) is 3.25. The van der Waals surface area contributed by atoms with Gasteiger partial charge in [0.2, 0.25) is 0 Å². The van der Waals surface area contributed by atoms with Crippen molar-refractivity contribution in [2.45, 2.75) is 66.2 Å². The lowest BCUT2D eigenvalue weighted by Crippen LogP contribution is -2.33. The maximum Gasteiger partial charge on any atom is 0.0366 e. The number of rotatable bonds is 5. The molecule has 118 valence electrons. The number of nitrogens with zero attached hydrogens (tertiary/aromatic N) is 1. The van der Waals surface area contributed by atoms with E-state index in [4.69, 9.17) is 0 Å². The van der Waals surface area contributed by atoms with Crippen molar-refractivity contribution >= 4 is 5.69 Å². The molecular formula is C20H33N. The Morgan fingerprint density at radius 3 is 2.19 bits per heavy atom. The van der Waals surface area contributed by atoms with Gasteiger partial charge < -0.3 is 4.90 Å². The Hall–Kier alpha value is -0.980. The van der Waals surface area contributed by atoms with Gasteiger partial charge in [-0.3, -0.25) is 0 Å². The number of hydrogen-bond donors (Lipinski definition) is 0. The van der Waals surface area contributed by atoms with Gasteiger partial charge in [0.1, 0.15) is 0 Å². The molecule has 0 radical (unpaired) electrons. The first kappa shape index (κ1) is 16.4. The summed E-state index contributed by atoms with van der Waals surface area (Å²) in [5.74, 6) is 0.973. The molecular weight excluding hydrogens is 254 g/mol. The molecule has 0 atom stereocenters. The zero-order chi connectivity index (χ0) is 15.3. The molecule has 0 aliphatic carbocycles. The van der Waals surface area contributed by atoms with E-state index in [1.54, 1.807) is 0 Å². The highest BCUT2D eigenvalue weighted by Crippen LogP contribution is 2.27. The monoisotopic (exact) mass is 287 g/mol. The second-order valence-electron chi connectivity index (χ2n) is 7.98. The van der Waals surface area contributed by atoms with Gasteiger partial charge >= 0.3 is 0 Å². The van der Waals surface area contributed by atoms with Gasteiger partial charge in [0.25, 0.3) is 0 Å². The molecule has 0 saturated carbocycles. The predicted octanol–water partition coefficient (Wildman–Crippen LogP) is 5.68. The van der Waals surface area contributed by atoms with E-state index in [9.17, 15) is 0 Å². The van der Waals surface area contributed by atoms with Gasteiger partial charge in [-0.2, -0.15) is 0 Å². The molecule has 1 saturated heterocycles. The fraction of sp³-hybridized carbons (Fsp3) is 0.700. The van der Waals surface area contributed by atoms with Crippen molar-refractivity contribution in [1.29, 1.82) is 0 Å². The standard InChI is InChI=1S/C20H33N/c1-5-6-7-17-12-14-21(15-13-17)19-10-8-18(9-11-19)16-20(2,3)4/h8-11,17H,5-7,12-16H2,1-4H3. The average Bonchev–Trinajstić information content (AvgIpc) is 2.45. The minimum absolute atomic E-state index is 0.374. The molecule has 1 aliphatic rings. The number of unbranched alkanes of at least 4 members (excludes halogenated alkanes) is 1. The molecule has 0 spiro atoms. The third-order valence-electron chi connectivity index (χ3n) is 4.62. The van der Waals surface area contributed by atoms with Crippen LogP contribution in [0.5, 0.6) is 0 Å². The molecule has 0 N–H and O–H groups in total. The smallest absolute Gasteiger partial charge is 0.0366 e. The lowest BCUT2D eigenvalue weighted by atomic mass is 9.88. The SMILES string of the molecule is CCCCC1CCN(c2ccc(CC(C)(C)C)cc2)CC1.